The van der Waals surface area contributed by atoms with Gasteiger partial charge >= 0.3 is 0 Å². The SMILES string of the molecule is CC[Si](CC)(CC)c1c2c(cc3ccccc13)-c1ccccc1C2=O. The average Bonchev–Trinajstić information content (AvgIpc) is 2.95. The lowest BCUT2D eigenvalue weighted by atomic mass is 10.0. The second kappa shape index (κ2) is 5.96. The van der Waals surface area contributed by atoms with Crippen LogP contribution >= 0.6 is 0 Å². The van der Waals surface area contributed by atoms with Crippen molar-refractivity contribution in [2.75, 3.05) is 0 Å². The van der Waals surface area contributed by atoms with Gasteiger partial charge in [0.25, 0.3) is 0 Å². The smallest absolute Gasteiger partial charge is 0.194 e. The summed E-state index contributed by atoms with van der Waals surface area (Å²) >= 11 is 0. The molecule has 0 bridgehead atoms. The predicted molar refractivity (Wildman–Crippen MR) is 110 cm³/mol. The van der Waals surface area contributed by atoms with E-state index < -0.39 is 8.07 Å². The molecule has 1 nitrogen and oxygen atoms in total. The molecule has 0 radical (unpaired) electrons. The zero-order valence-electron chi connectivity index (χ0n) is 15.2. The highest BCUT2D eigenvalue weighted by Gasteiger charge is 2.39. The van der Waals surface area contributed by atoms with E-state index >= 15 is 0 Å². The van der Waals surface area contributed by atoms with Crippen molar-refractivity contribution in [3.05, 3.63) is 65.7 Å². The van der Waals surface area contributed by atoms with Crippen molar-refractivity contribution in [3.63, 3.8) is 0 Å². The Bertz CT molecular complexity index is 974. The Morgan fingerprint density at radius 2 is 1.36 bits per heavy atom. The summed E-state index contributed by atoms with van der Waals surface area (Å²) in [7, 11) is -1.72. The second-order valence-electron chi connectivity index (χ2n) is 7.11. The van der Waals surface area contributed by atoms with Gasteiger partial charge in [0.2, 0.25) is 0 Å². The second-order valence-corrected chi connectivity index (χ2v) is 12.3. The Balaban J connectivity index is 2.18. The molecular weight excluding hydrogens is 320 g/mol. The zero-order valence-corrected chi connectivity index (χ0v) is 16.2. The van der Waals surface area contributed by atoms with E-state index in [0.717, 1.165) is 22.3 Å². The molecule has 0 atom stereocenters. The Morgan fingerprint density at radius 1 is 0.760 bits per heavy atom. The van der Waals surface area contributed by atoms with Crippen LogP contribution in [0.1, 0.15) is 36.7 Å². The summed E-state index contributed by atoms with van der Waals surface area (Å²) in [5.74, 6) is 0.235. The first kappa shape index (κ1) is 16.3. The third kappa shape index (κ3) is 2.17. The quantitative estimate of drug-likeness (QED) is 0.430. The molecule has 0 unspecified atom stereocenters. The maximum absolute atomic E-state index is 13.4. The number of carbonyl (C=O) groups is 1. The molecule has 25 heavy (non-hydrogen) atoms. The van der Waals surface area contributed by atoms with Crippen LogP contribution in [0.25, 0.3) is 21.9 Å². The molecule has 126 valence electrons. The van der Waals surface area contributed by atoms with Crippen LogP contribution in [-0.4, -0.2) is 13.9 Å². The van der Waals surface area contributed by atoms with E-state index in [1.165, 1.54) is 34.1 Å². The minimum atomic E-state index is -1.72. The van der Waals surface area contributed by atoms with Crippen molar-refractivity contribution in [3.8, 4) is 11.1 Å². The molecule has 1 aliphatic rings. The average molecular weight is 345 g/mol. The number of ketones is 1. The molecule has 0 N–H and O–H groups in total. The van der Waals surface area contributed by atoms with Gasteiger partial charge in [-0.05, 0) is 33.2 Å². The largest absolute Gasteiger partial charge is 0.289 e. The van der Waals surface area contributed by atoms with Crippen LogP contribution in [0.3, 0.4) is 0 Å². The van der Waals surface area contributed by atoms with Crippen LogP contribution < -0.4 is 5.19 Å². The van der Waals surface area contributed by atoms with Gasteiger partial charge in [-0.3, -0.25) is 4.79 Å². The van der Waals surface area contributed by atoms with E-state index in [-0.39, 0.29) is 5.78 Å². The lowest BCUT2D eigenvalue weighted by Gasteiger charge is -2.32. The fourth-order valence-corrected chi connectivity index (χ4v) is 8.82. The van der Waals surface area contributed by atoms with Crippen molar-refractivity contribution in [1.82, 2.24) is 0 Å². The topological polar surface area (TPSA) is 17.1 Å². The summed E-state index contributed by atoms with van der Waals surface area (Å²) in [5, 5.41) is 3.99. The van der Waals surface area contributed by atoms with Gasteiger partial charge in [-0.1, -0.05) is 87.4 Å². The predicted octanol–water partition coefficient (Wildman–Crippen LogP) is 5.77. The Hall–Kier alpha value is -2.19. The summed E-state index contributed by atoms with van der Waals surface area (Å²) in [6.45, 7) is 6.96. The standard InChI is InChI=1S/C23H24OSi/c1-4-25(5-2,6-3)23-17-12-8-7-11-16(17)15-20-18-13-9-10-14-19(18)22(24)21(20)23/h7-15H,4-6H2,1-3H3. The van der Waals surface area contributed by atoms with Crippen LogP contribution in [0.15, 0.2) is 54.6 Å². The first-order valence-electron chi connectivity index (χ1n) is 9.37. The van der Waals surface area contributed by atoms with E-state index in [9.17, 15) is 4.79 Å². The van der Waals surface area contributed by atoms with Crippen molar-refractivity contribution in [1.29, 1.82) is 0 Å². The number of fused-ring (bicyclic) bond motifs is 4. The molecule has 0 aliphatic heterocycles. The van der Waals surface area contributed by atoms with Crippen molar-refractivity contribution < 1.29 is 4.79 Å². The van der Waals surface area contributed by atoms with Crippen LogP contribution in [0.5, 0.6) is 0 Å². The molecule has 0 saturated heterocycles. The minimum Gasteiger partial charge on any atom is -0.289 e. The molecule has 0 aromatic heterocycles. The zero-order chi connectivity index (χ0) is 17.6. The summed E-state index contributed by atoms with van der Waals surface area (Å²) in [6.07, 6.45) is 0. The van der Waals surface area contributed by atoms with E-state index in [2.05, 4.69) is 57.2 Å². The summed E-state index contributed by atoms with van der Waals surface area (Å²) in [5.41, 5.74) is 4.15. The Morgan fingerprint density at radius 3 is 2.04 bits per heavy atom. The first-order chi connectivity index (χ1) is 12.2. The van der Waals surface area contributed by atoms with Gasteiger partial charge in [-0.15, -0.1) is 0 Å². The monoisotopic (exact) mass is 344 g/mol. The van der Waals surface area contributed by atoms with E-state index in [1.54, 1.807) is 0 Å². The molecule has 2 heteroatoms. The number of benzene rings is 3. The summed E-state index contributed by atoms with van der Waals surface area (Å²) < 4.78 is 0. The number of carbonyl (C=O) groups excluding carboxylic acids is 1. The van der Waals surface area contributed by atoms with E-state index in [1.807, 2.05) is 18.2 Å². The highest BCUT2D eigenvalue weighted by molar-refractivity contribution is 6.94. The molecule has 3 aromatic carbocycles. The maximum atomic E-state index is 13.4. The molecule has 3 aromatic rings. The van der Waals surface area contributed by atoms with Gasteiger partial charge in [-0.25, -0.2) is 0 Å². The lowest BCUT2D eigenvalue weighted by Crippen LogP contribution is -2.48. The fraction of sp³-hybridized carbons (Fsp3) is 0.261. The normalized spacial score (nSPS) is 13.2. The van der Waals surface area contributed by atoms with Crippen LogP contribution in [0.4, 0.5) is 0 Å². The minimum absolute atomic E-state index is 0.235. The van der Waals surface area contributed by atoms with Crippen molar-refractivity contribution >= 4 is 29.8 Å². The van der Waals surface area contributed by atoms with Crippen LogP contribution in [0, 0.1) is 0 Å². The fourth-order valence-electron chi connectivity index (χ4n) is 4.68. The third-order valence-electron chi connectivity index (χ3n) is 6.30. The third-order valence-corrected chi connectivity index (χ3v) is 11.9. The highest BCUT2D eigenvalue weighted by atomic mass is 28.3. The molecule has 0 amide bonds. The van der Waals surface area contributed by atoms with Gasteiger partial charge in [0.15, 0.2) is 5.78 Å². The summed E-state index contributed by atoms with van der Waals surface area (Å²) in [4.78, 5) is 13.4. The van der Waals surface area contributed by atoms with Gasteiger partial charge < -0.3 is 0 Å². The molecule has 0 saturated carbocycles. The first-order valence-corrected chi connectivity index (χ1v) is 12.0. The molecule has 0 heterocycles. The number of rotatable bonds is 4. The van der Waals surface area contributed by atoms with Gasteiger partial charge in [0.1, 0.15) is 0 Å². The molecule has 1 aliphatic carbocycles. The highest BCUT2D eigenvalue weighted by Crippen LogP contribution is 2.40. The molecule has 0 spiro atoms. The van der Waals surface area contributed by atoms with Gasteiger partial charge in [0.05, 0.1) is 8.07 Å². The molecule has 0 fully saturated rings. The van der Waals surface area contributed by atoms with Crippen molar-refractivity contribution in [2.45, 2.75) is 38.9 Å². The number of hydrogen-bond acceptors (Lipinski definition) is 1. The molecular formula is C23H24OSi. The summed E-state index contributed by atoms with van der Waals surface area (Å²) in [6, 6.07) is 22.5. The van der Waals surface area contributed by atoms with Crippen LogP contribution in [-0.2, 0) is 0 Å². The Labute approximate surface area is 150 Å². The number of hydrogen-bond donors (Lipinski definition) is 0. The van der Waals surface area contributed by atoms with Crippen molar-refractivity contribution in [2.24, 2.45) is 0 Å². The van der Waals surface area contributed by atoms with Crippen LogP contribution in [0.2, 0.25) is 18.1 Å². The molecule has 4 rings (SSSR count). The van der Waals surface area contributed by atoms with E-state index in [4.69, 9.17) is 0 Å². The van der Waals surface area contributed by atoms with E-state index in [0.29, 0.717) is 0 Å². The lowest BCUT2D eigenvalue weighted by molar-refractivity contribution is 0.104. The van der Waals surface area contributed by atoms with Gasteiger partial charge in [-0.2, -0.15) is 0 Å². The Kier molecular flexibility index (Phi) is 3.88. The van der Waals surface area contributed by atoms with Gasteiger partial charge in [0, 0.05) is 11.1 Å². The maximum Gasteiger partial charge on any atom is 0.194 e.